The first-order valence-electron chi connectivity index (χ1n) is 24.5. The molecule has 0 bridgehead atoms. The van der Waals surface area contributed by atoms with Gasteiger partial charge in [0.15, 0.2) is 0 Å². The molecule has 0 aliphatic carbocycles. The summed E-state index contributed by atoms with van der Waals surface area (Å²) in [5.41, 5.74) is 0. The predicted molar refractivity (Wildman–Crippen MR) is 240 cm³/mol. The Labute approximate surface area is 336 Å². The zero-order valence-corrected chi connectivity index (χ0v) is 38.5. The summed E-state index contributed by atoms with van der Waals surface area (Å²) in [7, 11) is 0. The van der Waals surface area contributed by atoms with Crippen LogP contribution in [0.15, 0.2) is 0 Å². The van der Waals surface area contributed by atoms with Gasteiger partial charge in [-0.25, -0.2) is 0 Å². The molecule has 0 aromatic carbocycles. The normalized spacial score (nSPS) is 27.8. The summed E-state index contributed by atoms with van der Waals surface area (Å²) in [6, 6.07) is 4.38. The van der Waals surface area contributed by atoms with E-state index in [4.69, 9.17) is 0 Å². The summed E-state index contributed by atoms with van der Waals surface area (Å²) in [6.07, 6.45) is 32.3. The molecule has 318 valence electrons. The van der Waals surface area contributed by atoms with E-state index in [-0.39, 0.29) is 0 Å². The van der Waals surface area contributed by atoms with E-state index in [0.29, 0.717) is 0 Å². The summed E-state index contributed by atoms with van der Waals surface area (Å²) in [6.45, 7) is 36.3. The lowest BCUT2D eigenvalue weighted by atomic mass is 10.00. The van der Waals surface area contributed by atoms with Gasteiger partial charge in [0.05, 0.1) is 0 Å². The second-order valence-electron chi connectivity index (χ2n) is 17.6. The predicted octanol–water partition coefficient (Wildman–Crippen LogP) is 12.5. The summed E-state index contributed by atoms with van der Waals surface area (Å²) in [5.74, 6) is 0. The molecule has 5 heterocycles. The minimum atomic E-state index is 0.851. The molecule has 5 saturated heterocycles. The molecule has 0 radical (unpaired) electrons. The minimum absolute atomic E-state index is 0.851. The van der Waals surface area contributed by atoms with Gasteiger partial charge in [-0.2, -0.15) is 0 Å². The lowest BCUT2D eigenvalue weighted by Crippen LogP contribution is -2.39. The molecular weight excluding hydrogens is 647 g/mol. The molecule has 5 heteroatoms. The zero-order valence-electron chi connectivity index (χ0n) is 38.5. The fourth-order valence-electron chi connectivity index (χ4n) is 9.54. The first-order chi connectivity index (χ1) is 25.8. The molecule has 5 unspecified atom stereocenters. The highest BCUT2D eigenvalue weighted by atomic mass is 15.2. The summed E-state index contributed by atoms with van der Waals surface area (Å²) < 4.78 is 0. The summed E-state index contributed by atoms with van der Waals surface area (Å²) in [5, 5.41) is 0. The second-order valence-corrected chi connectivity index (χ2v) is 17.6. The molecule has 0 saturated carbocycles. The van der Waals surface area contributed by atoms with E-state index in [1.54, 1.807) is 0 Å². The number of piperidine rings is 5. The van der Waals surface area contributed by atoms with E-state index in [0.717, 1.165) is 30.2 Å². The van der Waals surface area contributed by atoms with Crippen LogP contribution < -0.4 is 0 Å². The van der Waals surface area contributed by atoms with Crippen molar-refractivity contribution in [3.8, 4) is 0 Å². The van der Waals surface area contributed by atoms with Crippen LogP contribution in [0, 0.1) is 0 Å². The fourth-order valence-corrected chi connectivity index (χ4v) is 9.54. The van der Waals surface area contributed by atoms with Crippen LogP contribution in [0.4, 0.5) is 0 Å². The van der Waals surface area contributed by atoms with E-state index in [1.165, 1.54) is 213 Å². The first kappa shape index (κ1) is 50.8. The average molecular weight is 748 g/mol. The van der Waals surface area contributed by atoms with Gasteiger partial charge in [0.25, 0.3) is 0 Å². The highest BCUT2D eigenvalue weighted by molar-refractivity contribution is 4.77. The monoisotopic (exact) mass is 748 g/mol. The van der Waals surface area contributed by atoms with Crippen LogP contribution >= 0.6 is 0 Å². The maximum absolute atomic E-state index is 2.70. The van der Waals surface area contributed by atoms with E-state index >= 15 is 0 Å². The van der Waals surface area contributed by atoms with Gasteiger partial charge in [0.2, 0.25) is 0 Å². The van der Waals surface area contributed by atoms with E-state index in [2.05, 4.69) is 93.7 Å². The molecule has 5 aliphatic rings. The molecule has 5 aliphatic heterocycles. The smallest absolute Gasteiger partial charge is 0.00926 e. The van der Waals surface area contributed by atoms with Crippen LogP contribution in [0.1, 0.15) is 217 Å². The molecule has 5 nitrogen and oxygen atoms in total. The molecule has 0 spiro atoms. The van der Waals surface area contributed by atoms with Crippen molar-refractivity contribution in [1.82, 2.24) is 24.5 Å². The molecule has 0 amide bonds. The third-order valence-electron chi connectivity index (χ3n) is 13.3. The molecular formula is C48H101N5. The Morgan fingerprint density at radius 2 is 0.660 bits per heavy atom. The molecule has 0 aromatic heterocycles. The van der Waals surface area contributed by atoms with Crippen LogP contribution in [-0.4, -0.2) is 120 Å². The highest BCUT2D eigenvalue weighted by Gasteiger charge is 2.21. The van der Waals surface area contributed by atoms with Crippen LogP contribution in [0.5, 0.6) is 0 Å². The van der Waals surface area contributed by atoms with Crippen molar-refractivity contribution in [2.24, 2.45) is 0 Å². The van der Waals surface area contributed by atoms with Gasteiger partial charge in [0.1, 0.15) is 0 Å². The Kier molecular flexibility index (Phi) is 32.5. The molecule has 53 heavy (non-hydrogen) atoms. The quantitative estimate of drug-likeness (QED) is 0.186. The van der Waals surface area contributed by atoms with Crippen molar-refractivity contribution in [1.29, 1.82) is 0 Å². The van der Waals surface area contributed by atoms with Crippen molar-refractivity contribution >= 4 is 0 Å². The standard InChI is InChI=1S/C11H23N.2C10H21N.C9H19N.C8H17N/c1-3-5-9-12-10-7-6-8-11(12)4-2;1-3-4-8-11-9-6-5-7-10(11)2;1-3-8-11-9-6-5-7-10(11)4-2;1-3-7-10-8-5-4-6-9(10)2;1-3-9-7-5-4-6-8(9)2/h11H,3-10H2,1-2H3;2*10H,3-9H2,1-2H3;9H,3-8H2,1-2H3;8H,3-7H2,1-2H3. The van der Waals surface area contributed by atoms with Crippen LogP contribution in [0.3, 0.4) is 0 Å². The highest BCUT2D eigenvalue weighted by Crippen LogP contribution is 2.21. The lowest BCUT2D eigenvalue weighted by molar-refractivity contribution is 0.142. The maximum atomic E-state index is 2.70. The molecule has 5 fully saturated rings. The molecule has 5 rings (SSSR count). The van der Waals surface area contributed by atoms with Gasteiger partial charge >= 0.3 is 0 Å². The number of rotatable bonds is 13. The van der Waals surface area contributed by atoms with E-state index in [1.807, 2.05) is 0 Å². The SMILES string of the molecule is CCCCN1CCCCC1C.CCCCN1CCCCC1CC.CCCN1CCCCC1C.CCCN1CCCCC1CC.CCN1CCCCC1C. The third-order valence-corrected chi connectivity index (χ3v) is 13.3. The number of unbranched alkanes of at least 4 members (excludes halogenated alkanes) is 2. The van der Waals surface area contributed by atoms with Crippen molar-refractivity contribution in [2.75, 3.05) is 65.4 Å². The fraction of sp³-hybridized carbons (Fsp3) is 1.00. The largest absolute Gasteiger partial charge is 0.301 e. The number of nitrogens with zero attached hydrogens (tertiary/aromatic N) is 5. The van der Waals surface area contributed by atoms with Crippen molar-refractivity contribution < 1.29 is 0 Å². The van der Waals surface area contributed by atoms with Gasteiger partial charge < -0.3 is 24.5 Å². The second kappa shape index (κ2) is 33.9. The van der Waals surface area contributed by atoms with Gasteiger partial charge in [-0.3, -0.25) is 0 Å². The van der Waals surface area contributed by atoms with Crippen molar-refractivity contribution in [3.63, 3.8) is 0 Å². The topological polar surface area (TPSA) is 16.2 Å². The van der Waals surface area contributed by atoms with Crippen LogP contribution in [-0.2, 0) is 0 Å². The lowest BCUT2D eigenvalue weighted by Gasteiger charge is -2.35. The Bertz CT molecular complexity index is 771. The summed E-state index contributed by atoms with van der Waals surface area (Å²) >= 11 is 0. The number of hydrogen-bond donors (Lipinski definition) is 0. The third kappa shape index (κ3) is 23.0. The Morgan fingerprint density at radius 1 is 0.340 bits per heavy atom. The zero-order chi connectivity index (χ0) is 39.1. The minimum Gasteiger partial charge on any atom is -0.301 e. The van der Waals surface area contributed by atoms with Gasteiger partial charge in [-0.1, -0.05) is 93.4 Å². The first-order valence-corrected chi connectivity index (χ1v) is 24.5. The van der Waals surface area contributed by atoms with Crippen molar-refractivity contribution in [3.05, 3.63) is 0 Å². The Hall–Kier alpha value is -0.200. The number of hydrogen-bond acceptors (Lipinski definition) is 5. The summed E-state index contributed by atoms with van der Waals surface area (Å²) in [4.78, 5) is 13.2. The Balaban J connectivity index is 0.000000332. The van der Waals surface area contributed by atoms with Crippen molar-refractivity contribution in [2.45, 2.75) is 247 Å². The average Bonchev–Trinajstić information content (AvgIpc) is 3.19. The Morgan fingerprint density at radius 3 is 1.00 bits per heavy atom. The number of likely N-dealkylation sites (tertiary alicyclic amines) is 5. The van der Waals surface area contributed by atoms with Gasteiger partial charge in [0, 0.05) is 30.2 Å². The molecule has 5 atom stereocenters. The molecule has 0 N–H and O–H groups in total. The van der Waals surface area contributed by atoms with E-state index < -0.39 is 0 Å². The van der Waals surface area contributed by atoms with Gasteiger partial charge in [-0.15, -0.1) is 0 Å². The maximum Gasteiger partial charge on any atom is 0.00926 e. The van der Waals surface area contributed by atoms with Gasteiger partial charge in [-0.05, 0) is 189 Å². The molecule has 0 aromatic rings. The van der Waals surface area contributed by atoms with E-state index in [9.17, 15) is 0 Å². The van der Waals surface area contributed by atoms with Crippen LogP contribution in [0.2, 0.25) is 0 Å². The van der Waals surface area contributed by atoms with Crippen LogP contribution in [0.25, 0.3) is 0 Å².